The van der Waals surface area contributed by atoms with Crippen LogP contribution in [-0.2, 0) is 4.74 Å². The number of rotatable bonds is 1. The number of carbonyl (C=O) groups is 1. The lowest BCUT2D eigenvalue weighted by Gasteiger charge is -2.05. The van der Waals surface area contributed by atoms with Crippen molar-refractivity contribution in [3.63, 3.8) is 0 Å². The molecule has 16 heavy (non-hydrogen) atoms. The smallest absolute Gasteiger partial charge is 0.339 e. The van der Waals surface area contributed by atoms with Gasteiger partial charge in [0.25, 0.3) is 0 Å². The number of ether oxygens (including phenoxy) is 1. The Hall–Kier alpha value is -1.60. The van der Waals surface area contributed by atoms with Crippen molar-refractivity contribution in [2.75, 3.05) is 7.11 Å². The lowest BCUT2D eigenvalue weighted by molar-refractivity contribution is 0.0600. The van der Waals surface area contributed by atoms with E-state index < -0.39 is 8.07 Å². The molecular weight excluding hydrogens is 218 g/mol. The minimum absolute atomic E-state index is 0.373. The molecule has 0 fully saturated rings. The molecule has 0 saturated carbocycles. The Morgan fingerprint density at radius 2 is 2.12 bits per heavy atom. The highest BCUT2D eigenvalue weighted by Crippen LogP contribution is 2.07. The Labute approximate surface area is 96.9 Å². The number of methoxy groups -OCH3 is 1. The van der Waals surface area contributed by atoms with E-state index in [0.29, 0.717) is 11.1 Å². The zero-order valence-corrected chi connectivity index (χ0v) is 11.0. The molecule has 1 heterocycles. The van der Waals surface area contributed by atoms with Gasteiger partial charge in [-0.1, -0.05) is 25.6 Å². The van der Waals surface area contributed by atoms with E-state index in [-0.39, 0.29) is 5.97 Å². The first-order valence-corrected chi connectivity index (χ1v) is 8.49. The molecule has 0 saturated heterocycles. The van der Waals surface area contributed by atoms with Gasteiger partial charge in [-0.25, -0.2) is 4.79 Å². The Morgan fingerprint density at radius 3 is 2.69 bits per heavy atom. The highest BCUT2D eigenvalue weighted by Gasteiger charge is 2.11. The molecule has 1 aromatic heterocycles. The van der Waals surface area contributed by atoms with Gasteiger partial charge in [0.1, 0.15) is 8.07 Å². The molecule has 1 rings (SSSR count). The van der Waals surface area contributed by atoms with E-state index in [1.807, 2.05) is 0 Å². The molecule has 1 aromatic rings. The number of pyridine rings is 1. The van der Waals surface area contributed by atoms with Crippen molar-refractivity contribution in [2.24, 2.45) is 0 Å². The lowest BCUT2D eigenvalue weighted by Crippen LogP contribution is -2.16. The van der Waals surface area contributed by atoms with Gasteiger partial charge in [-0.15, -0.1) is 5.54 Å². The van der Waals surface area contributed by atoms with E-state index >= 15 is 0 Å². The first-order valence-electron chi connectivity index (χ1n) is 4.99. The Morgan fingerprint density at radius 1 is 1.44 bits per heavy atom. The maximum atomic E-state index is 11.5. The number of aromatic nitrogens is 1. The SMILES string of the molecule is COC(=O)c1ccncc1C#C[Si](C)(C)C. The largest absolute Gasteiger partial charge is 0.465 e. The standard InChI is InChI=1S/C12H15NO2Si/c1-15-12(14)11-5-7-13-9-10(11)6-8-16(2,3)4/h5,7,9H,1-4H3. The van der Waals surface area contributed by atoms with Crippen molar-refractivity contribution >= 4 is 14.0 Å². The quantitative estimate of drug-likeness (QED) is 0.423. The van der Waals surface area contributed by atoms with Gasteiger partial charge < -0.3 is 4.74 Å². The highest BCUT2D eigenvalue weighted by atomic mass is 28.3. The topological polar surface area (TPSA) is 39.2 Å². The van der Waals surface area contributed by atoms with Crippen LogP contribution in [0.25, 0.3) is 0 Å². The minimum atomic E-state index is -1.45. The van der Waals surface area contributed by atoms with Crippen LogP contribution in [0.3, 0.4) is 0 Å². The average Bonchev–Trinajstić information content (AvgIpc) is 2.25. The van der Waals surface area contributed by atoms with E-state index in [1.54, 1.807) is 18.5 Å². The first-order chi connectivity index (χ1) is 7.44. The predicted octanol–water partition coefficient (Wildman–Crippen LogP) is 2.10. The van der Waals surface area contributed by atoms with Crippen LogP contribution in [0.2, 0.25) is 19.6 Å². The fourth-order valence-electron chi connectivity index (χ4n) is 1.04. The van der Waals surface area contributed by atoms with Crippen molar-refractivity contribution < 1.29 is 9.53 Å². The van der Waals surface area contributed by atoms with E-state index in [9.17, 15) is 4.79 Å². The van der Waals surface area contributed by atoms with Gasteiger partial charge in [-0.05, 0) is 6.07 Å². The molecule has 0 amide bonds. The van der Waals surface area contributed by atoms with Crippen LogP contribution in [0.4, 0.5) is 0 Å². The van der Waals surface area contributed by atoms with Crippen LogP contribution in [0.5, 0.6) is 0 Å². The number of hydrogen-bond acceptors (Lipinski definition) is 3. The van der Waals surface area contributed by atoms with Gasteiger partial charge in [0, 0.05) is 12.4 Å². The van der Waals surface area contributed by atoms with E-state index in [0.717, 1.165) is 0 Å². The van der Waals surface area contributed by atoms with E-state index in [4.69, 9.17) is 0 Å². The van der Waals surface area contributed by atoms with Crippen LogP contribution in [0.1, 0.15) is 15.9 Å². The second-order valence-electron chi connectivity index (χ2n) is 4.41. The molecular formula is C12H15NO2Si. The molecule has 0 aliphatic rings. The molecule has 4 heteroatoms. The van der Waals surface area contributed by atoms with Crippen molar-refractivity contribution in [2.45, 2.75) is 19.6 Å². The maximum Gasteiger partial charge on any atom is 0.339 e. The summed E-state index contributed by atoms with van der Waals surface area (Å²) in [6.07, 6.45) is 3.16. The van der Waals surface area contributed by atoms with Gasteiger partial charge in [-0.2, -0.15) is 0 Å². The second kappa shape index (κ2) is 4.95. The molecule has 0 atom stereocenters. The third kappa shape index (κ3) is 3.52. The summed E-state index contributed by atoms with van der Waals surface area (Å²) in [5, 5.41) is 0. The van der Waals surface area contributed by atoms with Crippen LogP contribution >= 0.6 is 0 Å². The minimum Gasteiger partial charge on any atom is -0.465 e. The average molecular weight is 233 g/mol. The fraction of sp³-hybridized carbons (Fsp3) is 0.333. The normalized spacial score (nSPS) is 10.2. The zero-order valence-electron chi connectivity index (χ0n) is 10.00. The first kappa shape index (κ1) is 12.5. The third-order valence-electron chi connectivity index (χ3n) is 1.80. The van der Waals surface area contributed by atoms with Gasteiger partial charge in [0.15, 0.2) is 0 Å². The number of carbonyl (C=O) groups excluding carboxylic acids is 1. The second-order valence-corrected chi connectivity index (χ2v) is 9.16. The molecule has 0 aliphatic heterocycles. The molecule has 0 N–H and O–H groups in total. The highest BCUT2D eigenvalue weighted by molar-refractivity contribution is 6.83. The Bertz CT molecular complexity index is 452. The fourth-order valence-corrected chi connectivity index (χ4v) is 1.55. The van der Waals surface area contributed by atoms with Gasteiger partial charge in [0.05, 0.1) is 18.2 Å². The van der Waals surface area contributed by atoms with Gasteiger partial charge in [0.2, 0.25) is 0 Å². The summed E-state index contributed by atoms with van der Waals surface area (Å²) in [6.45, 7) is 6.44. The molecule has 0 unspecified atom stereocenters. The van der Waals surface area contributed by atoms with Crippen molar-refractivity contribution in [1.29, 1.82) is 0 Å². The molecule has 0 radical (unpaired) electrons. The summed E-state index contributed by atoms with van der Waals surface area (Å²) in [6, 6.07) is 1.63. The van der Waals surface area contributed by atoms with Crippen molar-refractivity contribution in [3.8, 4) is 11.5 Å². The third-order valence-corrected chi connectivity index (χ3v) is 2.67. The van der Waals surface area contributed by atoms with Crippen LogP contribution < -0.4 is 0 Å². The summed E-state index contributed by atoms with van der Waals surface area (Å²) in [5.74, 6) is 2.64. The molecule has 84 valence electrons. The Balaban J connectivity index is 3.13. The monoisotopic (exact) mass is 233 g/mol. The van der Waals surface area contributed by atoms with Crippen LogP contribution in [0.15, 0.2) is 18.5 Å². The lowest BCUT2D eigenvalue weighted by atomic mass is 10.1. The molecule has 0 aliphatic carbocycles. The van der Waals surface area contributed by atoms with Crippen molar-refractivity contribution in [3.05, 3.63) is 29.6 Å². The number of hydrogen-bond donors (Lipinski definition) is 0. The zero-order chi connectivity index (χ0) is 12.2. The van der Waals surface area contributed by atoms with Crippen LogP contribution in [-0.4, -0.2) is 26.1 Å². The van der Waals surface area contributed by atoms with Crippen molar-refractivity contribution in [1.82, 2.24) is 4.98 Å². The van der Waals surface area contributed by atoms with Gasteiger partial charge in [-0.3, -0.25) is 4.98 Å². The molecule has 0 spiro atoms. The summed E-state index contributed by atoms with van der Waals surface area (Å²) in [7, 11) is -0.0893. The predicted molar refractivity (Wildman–Crippen MR) is 65.8 cm³/mol. The Kier molecular flexibility index (Phi) is 3.86. The summed E-state index contributed by atoms with van der Waals surface area (Å²) in [4.78, 5) is 15.4. The molecule has 0 aromatic carbocycles. The van der Waals surface area contributed by atoms with E-state index in [1.165, 1.54) is 7.11 Å². The summed E-state index contributed by atoms with van der Waals surface area (Å²) in [5.41, 5.74) is 4.31. The van der Waals surface area contributed by atoms with E-state index in [2.05, 4.69) is 40.8 Å². The van der Waals surface area contributed by atoms with Crippen LogP contribution in [0, 0.1) is 11.5 Å². The molecule has 3 nitrogen and oxygen atoms in total. The maximum absolute atomic E-state index is 11.5. The number of esters is 1. The number of nitrogens with zero attached hydrogens (tertiary/aromatic N) is 1. The molecule has 0 bridgehead atoms. The van der Waals surface area contributed by atoms with Gasteiger partial charge >= 0.3 is 5.97 Å². The summed E-state index contributed by atoms with van der Waals surface area (Å²) < 4.78 is 4.69. The summed E-state index contributed by atoms with van der Waals surface area (Å²) >= 11 is 0.